The molecule has 0 heterocycles. The standard InChI is InChI=1S/C25H24F2/c1-3-5-7-18-8-10-19(11-9-18)20-12-14-21(15-13-20)23-17-16-22(6-4-2)24(26)25(23)27/h5,7-17H,3-4,6H2,1-2H3. The van der Waals surface area contributed by atoms with Crippen LogP contribution in [0, 0.1) is 11.6 Å². The van der Waals surface area contributed by atoms with Crippen molar-refractivity contribution in [2.75, 3.05) is 0 Å². The summed E-state index contributed by atoms with van der Waals surface area (Å²) < 4.78 is 28.7. The van der Waals surface area contributed by atoms with E-state index >= 15 is 0 Å². The van der Waals surface area contributed by atoms with Crippen LogP contribution in [0.1, 0.15) is 37.8 Å². The highest BCUT2D eigenvalue weighted by atomic mass is 19.2. The van der Waals surface area contributed by atoms with Crippen LogP contribution < -0.4 is 0 Å². The van der Waals surface area contributed by atoms with Crippen LogP contribution in [-0.4, -0.2) is 0 Å². The Morgan fingerprint density at radius 1 is 0.704 bits per heavy atom. The molecular formula is C25H24F2. The van der Waals surface area contributed by atoms with Crippen LogP contribution in [0.15, 0.2) is 66.7 Å². The first-order valence-electron chi connectivity index (χ1n) is 9.48. The van der Waals surface area contributed by atoms with Gasteiger partial charge in [-0.05, 0) is 40.7 Å². The smallest absolute Gasteiger partial charge is 0.166 e. The van der Waals surface area contributed by atoms with Gasteiger partial charge < -0.3 is 0 Å². The third-order valence-corrected chi connectivity index (χ3v) is 4.67. The number of halogens is 2. The fourth-order valence-corrected chi connectivity index (χ4v) is 3.16. The van der Waals surface area contributed by atoms with Gasteiger partial charge >= 0.3 is 0 Å². The van der Waals surface area contributed by atoms with Crippen molar-refractivity contribution >= 4 is 6.08 Å². The van der Waals surface area contributed by atoms with E-state index in [1.54, 1.807) is 12.1 Å². The molecule has 0 amide bonds. The minimum Gasteiger partial charge on any atom is -0.203 e. The van der Waals surface area contributed by atoms with Gasteiger partial charge in [-0.2, -0.15) is 0 Å². The van der Waals surface area contributed by atoms with E-state index in [-0.39, 0.29) is 0 Å². The molecule has 3 rings (SSSR count). The van der Waals surface area contributed by atoms with Crippen molar-refractivity contribution in [3.8, 4) is 22.3 Å². The number of allylic oxidation sites excluding steroid dienone is 1. The Morgan fingerprint density at radius 3 is 1.89 bits per heavy atom. The monoisotopic (exact) mass is 362 g/mol. The summed E-state index contributed by atoms with van der Waals surface area (Å²) in [6.45, 7) is 4.06. The lowest BCUT2D eigenvalue weighted by Crippen LogP contribution is -1.97. The molecular weight excluding hydrogens is 338 g/mol. The van der Waals surface area contributed by atoms with Gasteiger partial charge in [-0.15, -0.1) is 0 Å². The molecule has 0 aliphatic carbocycles. The maximum absolute atomic E-state index is 14.5. The van der Waals surface area contributed by atoms with Crippen molar-refractivity contribution < 1.29 is 8.78 Å². The second-order valence-electron chi connectivity index (χ2n) is 6.66. The van der Waals surface area contributed by atoms with E-state index in [0.717, 1.165) is 24.0 Å². The first-order valence-corrected chi connectivity index (χ1v) is 9.48. The van der Waals surface area contributed by atoms with Gasteiger partial charge in [-0.25, -0.2) is 8.78 Å². The summed E-state index contributed by atoms with van der Waals surface area (Å²) in [4.78, 5) is 0. The highest BCUT2D eigenvalue weighted by Crippen LogP contribution is 2.29. The van der Waals surface area contributed by atoms with Crippen LogP contribution in [-0.2, 0) is 6.42 Å². The van der Waals surface area contributed by atoms with E-state index in [2.05, 4.69) is 43.3 Å². The van der Waals surface area contributed by atoms with E-state index in [4.69, 9.17) is 0 Å². The first-order chi connectivity index (χ1) is 13.1. The Morgan fingerprint density at radius 2 is 1.30 bits per heavy atom. The van der Waals surface area contributed by atoms with Crippen molar-refractivity contribution in [3.63, 3.8) is 0 Å². The van der Waals surface area contributed by atoms with E-state index in [0.29, 0.717) is 23.1 Å². The molecule has 0 N–H and O–H groups in total. The van der Waals surface area contributed by atoms with E-state index in [1.807, 2.05) is 31.2 Å². The summed E-state index contributed by atoms with van der Waals surface area (Å²) in [7, 11) is 0. The fourth-order valence-electron chi connectivity index (χ4n) is 3.16. The molecule has 0 saturated carbocycles. The van der Waals surface area contributed by atoms with Gasteiger partial charge in [0.2, 0.25) is 0 Å². The lowest BCUT2D eigenvalue weighted by molar-refractivity contribution is 0.500. The SMILES string of the molecule is CCC=Cc1ccc(-c2ccc(-c3ccc(CCC)c(F)c3F)cc2)cc1. The number of hydrogen-bond donors (Lipinski definition) is 0. The highest BCUT2D eigenvalue weighted by molar-refractivity contribution is 5.71. The third-order valence-electron chi connectivity index (χ3n) is 4.67. The second kappa shape index (κ2) is 8.77. The lowest BCUT2D eigenvalue weighted by atomic mass is 9.97. The first kappa shape index (κ1) is 19.0. The molecule has 2 heteroatoms. The van der Waals surface area contributed by atoms with Crippen LogP contribution in [0.25, 0.3) is 28.3 Å². The molecule has 0 fully saturated rings. The minimum atomic E-state index is -0.763. The zero-order valence-corrected chi connectivity index (χ0v) is 15.8. The van der Waals surface area contributed by atoms with E-state index < -0.39 is 11.6 Å². The van der Waals surface area contributed by atoms with Gasteiger partial charge in [0.1, 0.15) is 0 Å². The molecule has 0 nitrogen and oxygen atoms in total. The van der Waals surface area contributed by atoms with Gasteiger partial charge in [0, 0.05) is 5.56 Å². The Balaban J connectivity index is 1.85. The summed E-state index contributed by atoms with van der Waals surface area (Å²) in [5, 5.41) is 0. The summed E-state index contributed by atoms with van der Waals surface area (Å²) >= 11 is 0. The highest BCUT2D eigenvalue weighted by Gasteiger charge is 2.14. The molecule has 0 aromatic heterocycles. The van der Waals surface area contributed by atoms with Gasteiger partial charge in [0.15, 0.2) is 11.6 Å². The maximum Gasteiger partial charge on any atom is 0.166 e. The number of benzene rings is 3. The molecule has 0 aliphatic heterocycles. The molecule has 0 atom stereocenters. The third kappa shape index (κ3) is 4.33. The van der Waals surface area contributed by atoms with Crippen molar-refractivity contribution in [3.05, 3.63) is 89.5 Å². The molecule has 0 unspecified atom stereocenters. The van der Waals surface area contributed by atoms with Gasteiger partial charge in [-0.1, -0.05) is 93.1 Å². The molecule has 3 aromatic rings. The van der Waals surface area contributed by atoms with Crippen molar-refractivity contribution in [1.29, 1.82) is 0 Å². The molecule has 3 aromatic carbocycles. The lowest BCUT2D eigenvalue weighted by Gasteiger charge is -2.09. The predicted octanol–water partition coefficient (Wildman–Crippen LogP) is 7.67. The summed E-state index contributed by atoms with van der Waals surface area (Å²) in [5.41, 5.74) is 4.74. The van der Waals surface area contributed by atoms with Gasteiger partial charge in [0.05, 0.1) is 0 Å². The zero-order chi connectivity index (χ0) is 19.2. The fraction of sp³-hybridized carbons (Fsp3) is 0.200. The molecule has 0 bridgehead atoms. The predicted molar refractivity (Wildman–Crippen MR) is 111 cm³/mol. The molecule has 0 saturated heterocycles. The Bertz CT molecular complexity index is 920. The van der Waals surface area contributed by atoms with Gasteiger partial charge in [0.25, 0.3) is 0 Å². The molecule has 0 radical (unpaired) electrons. The van der Waals surface area contributed by atoms with Crippen LogP contribution in [0.5, 0.6) is 0 Å². The van der Waals surface area contributed by atoms with Crippen molar-refractivity contribution in [2.24, 2.45) is 0 Å². The van der Waals surface area contributed by atoms with Crippen LogP contribution in [0.3, 0.4) is 0 Å². The quantitative estimate of drug-likeness (QED) is 0.422. The maximum atomic E-state index is 14.5. The largest absolute Gasteiger partial charge is 0.203 e. The number of aryl methyl sites for hydroxylation is 1. The average molecular weight is 362 g/mol. The van der Waals surface area contributed by atoms with E-state index in [9.17, 15) is 8.78 Å². The summed E-state index contributed by atoms with van der Waals surface area (Å²) in [6, 6.07) is 19.3. The zero-order valence-electron chi connectivity index (χ0n) is 15.8. The van der Waals surface area contributed by atoms with E-state index in [1.165, 1.54) is 5.56 Å². The van der Waals surface area contributed by atoms with Gasteiger partial charge in [-0.3, -0.25) is 0 Å². The minimum absolute atomic E-state index is 0.305. The Kier molecular flexibility index (Phi) is 6.18. The molecule has 138 valence electrons. The summed E-state index contributed by atoms with van der Waals surface area (Å²) in [6.07, 6.45) is 6.58. The Hall–Kier alpha value is -2.74. The average Bonchev–Trinajstić information content (AvgIpc) is 2.71. The number of rotatable bonds is 6. The van der Waals surface area contributed by atoms with Crippen molar-refractivity contribution in [2.45, 2.75) is 33.1 Å². The van der Waals surface area contributed by atoms with Crippen molar-refractivity contribution in [1.82, 2.24) is 0 Å². The molecule has 0 spiro atoms. The van der Waals surface area contributed by atoms with Crippen LogP contribution >= 0.6 is 0 Å². The topological polar surface area (TPSA) is 0 Å². The Labute approximate surface area is 160 Å². The normalized spacial score (nSPS) is 11.3. The molecule has 0 aliphatic rings. The van der Waals surface area contributed by atoms with Crippen LogP contribution in [0.4, 0.5) is 8.78 Å². The molecule has 27 heavy (non-hydrogen) atoms. The summed E-state index contributed by atoms with van der Waals surface area (Å²) in [5.74, 6) is -1.49. The number of hydrogen-bond acceptors (Lipinski definition) is 0. The second-order valence-corrected chi connectivity index (χ2v) is 6.66. The van der Waals surface area contributed by atoms with Crippen LogP contribution in [0.2, 0.25) is 0 Å².